The molecule has 2 rings (SSSR count). The molecule has 0 unspecified atom stereocenters. The highest BCUT2D eigenvalue weighted by Crippen LogP contribution is 2.62. The molecule has 2 atom stereocenters. The molecule has 0 radical (unpaired) electrons. The van der Waals surface area contributed by atoms with E-state index in [1.807, 2.05) is 0 Å². The fourth-order valence-corrected chi connectivity index (χ4v) is 2.98. The van der Waals surface area contributed by atoms with Gasteiger partial charge in [-0.25, -0.2) is 0 Å². The SMILES string of the molecule is CCOC(=O)C1(C(=O)OCC)[C@H](c2ccc(Cl)cc2)[C@H]1[N+](=O)[O-]. The van der Waals surface area contributed by atoms with Gasteiger partial charge in [-0.15, -0.1) is 0 Å². The lowest BCUT2D eigenvalue weighted by Crippen LogP contribution is -2.35. The molecule has 0 amide bonds. The largest absolute Gasteiger partial charge is 0.465 e. The first-order chi connectivity index (χ1) is 10.9. The van der Waals surface area contributed by atoms with Crippen molar-refractivity contribution in [3.8, 4) is 0 Å². The summed E-state index contributed by atoms with van der Waals surface area (Å²) in [5.74, 6) is -2.80. The van der Waals surface area contributed by atoms with Gasteiger partial charge in [0.1, 0.15) is 0 Å². The van der Waals surface area contributed by atoms with Crippen LogP contribution in [0.2, 0.25) is 5.02 Å². The van der Waals surface area contributed by atoms with E-state index in [1.165, 1.54) is 0 Å². The summed E-state index contributed by atoms with van der Waals surface area (Å²) in [6.45, 7) is 3.16. The first-order valence-corrected chi connectivity index (χ1v) is 7.52. The number of nitro groups is 1. The highest BCUT2D eigenvalue weighted by molar-refractivity contribution is 6.30. The molecule has 1 fully saturated rings. The van der Waals surface area contributed by atoms with Crippen molar-refractivity contribution >= 4 is 23.5 Å². The van der Waals surface area contributed by atoms with Crippen LogP contribution >= 0.6 is 11.6 Å². The molecular formula is C15H16ClNO6. The number of carbonyl (C=O) groups excluding carboxylic acids is 2. The Kier molecular flexibility index (Phi) is 4.89. The Hall–Kier alpha value is -2.15. The topological polar surface area (TPSA) is 95.7 Å². The van der Waals surface area contributed by atoms with Gasteiger partial charge in [-0.2, -0.15) is 0 Å². The summed E-state index contributed by atoms with van der Waals surface area (Å²) in [5, 5.41) is 11.9. The van der Waals surface area contributed by atoms with E-state index in [0.29, 0.717) is 10.6 Å². The quantitative estimate of drug-likeness (QED) is 0.340. The second-order valence-corrected chi connectivity index (χ2v) is 5.51. The smallest absolute Gasteiger partial charge is 0.331 e. The van der Waals surface area contributed by atoms with E-state index < -0.39 is 34.2 Å². The van der Waals surface area contributed by atoms with Gasteiger partial charge in [0, 0.05) is 9.95 Å². The number of rotatable bonds is 6. The zero-order chi connectivity index (χ0) is 17.2. The number of hydrogen-bond acceptors (Lipinski definition) is 6. The Bertz CT molecular complexity index is 611. The summed E-state index contributed by atoms with van der Waals surface area (Å²) in [4.78, 5) is 35.5. The average Bonchev–Trinajstić information content (AvgIpc) is 3.20. The monoisotopic (exact) mass is 341 g/mol. The molecule has 1 aliphatic carbocycles. The van der Waals surface area contributed by atoms with Crippen molar-refractivity contribution in [2.45, 2.75) is 25.8 Å². The van der Waals surface area contributed by atoms with E-state index in [0.717, 1.165) is 0 Å². The number of hydrogen-bond donors (Lipinski definition) is 0. The maximum absolute atomic E-state index is 12.4. The van der Waals surface area contributed by atoms with E-state index in [4.69, 9.17) is 21.1 Å². The Morgan fingerprint density at radius 1 is 1.17 bits per heavy atom. The van der Waals surface area contributed by atoms with Crippen LogP contribution < -0.4 is 0 Å². The lowest BCUT2D eigenvalue weighted by molar-refractivity contribution is -0.501. The van der Waals surface area contributed by atoms with E-state index in [9.17, 15) is 19.7 Å². The van der Waals surface area contributed by atoms with Crippen molar-refractivity contribution < 1.29 is 24.0 Å². The van der Waals surface area contributed by atoms with Crippen molar-refractivity contribution in [2.24, 2.45) is 5.41 Å². The van der Waals surface area contributed by atoms with Gasteiger partial charge < -0.3 is 9.47 Å². The van der Waals surface area contributed by atoms with E-state index in [1.54, 1.807) is 38.1 Å². The van der Waals surface area contributed by atoms with Crippen LogP contribution in [-0.2, 0) is 19.1 Å². The van der Waals surface area contributed by atoms with Crippen molar-refractivity contribution in [1.82, 2.24) is 0 Å². The van der Waals surface area contributed by atoms with Crippen LogP contribution in [-0.4, -0.2) is 36.1 Å². The molecule has 0 aliphatic heterocycles. The molecule has 124 valence electrons. The summed E-state index contributed by atoms with van der Waals surface area (Å²) >= 11 is 5.81. The summed E-state index contributed by atoms with van der Waals surface area (Å²) in [5.41, 5.74) is -1.47. The molecule has 7 nitrogen and oxygen atoms in total. The number of carbonyl (C=O) groups is 2. The molecular weight excluding hydrogens is 326 g/mol. The molecule has 0 heterocycles. The van der Waals surface area contributed by atoms with Crippen LogP contribution in [0.4, 0.5) is 0 Å². The highest BCUT2D eigenvalue weighted by atomic mass is 35.5. The molecule has 0 N–H and O–H groups in total. The molecule has 1 saturated carbocycles. The van der Waals surface area contributed by atoms with Crippen LogP contribution in [0.15, 0.2) is 24.3 Å². The first-order valence-electron chi connectivity index (χ1n) is 7.14. The fourth-order valence-electron chi connectivity index (χ4n) is 2.85. The molecule has 23 heavy (non-hydrogen) atoms. The van der Waals surface area contributed by atoms with Gasteiger partial charge >= 0.3 is 11.9 Å². The van der Waals surface area contributed by atoms with E-state index >= 15 is 0 Å². The minimum atomic E-state index is -1.94. The second-order valence-electron chi connectivity index (χ2n) is 5.07. The maximum atomic E-state index is 12.4. The van der Waals surface area contributed by atoms with Crippen molar-refractivity contribution in [2.75, 3.05) is 13.2 Å². The molecule has 1 aromatic rings. The molecule has 1 aliphatic rings. The molecule has 0 bridgehead atoms. The van der Waals surface area contributed by atoms with Gasteiger partial charge in [-0.05, 0) is 31.5 Å². The normalized spacial score (nSPS) is 21.3. The zero-order valence-electron chi connectivity index (χ0n) is 12.7. The Balaban J connectivity index is 2.49. The van der Waals surface area contributed by atoms with E-state index in [2.05, 4.69) is 0 Å². The molecule has 1 aromatic carbocycles. The van der Waals surface area contributed by atoms with E-state index in [-0.39, 0.29) is 13.2 Å². The Morgan fingerprint density at radius 3 is 2.04 bits per heavy atom. The zero-order valence-corrected chi connectivity index (χ0v) is 13.4. The third-order valence-corrected chi connectivity index (χ3v) is 4.10. The summed E-state index contributed by atoms with van der Waals surface area (Å²) < 4.78 is 9.84. The van der Waals surface area contributed by atoms with Crippen molar-refractivity contribution in [3.63, 3.8) is 0 Å². The summed E-state index contributed by atoms with van der Waals surface area (Å²) in [6.07, 6.45) is 0. The molecule has 0 saturated heterocycles. The lowest BCUT2D eigenvalue weighted by Gasteiger charge is -2.13. The molecule has 8 heteroatoms. The molecule has 0 spiro atoms. The second kappa shape index (κ2) is 6.54. The van der Waals surface area contributed by atoms with Crippen molar-refractivity contribution in [1.29, 1.82) is 0 Å². The van der Waals surface area contributed by atoms with Crippen LogP contribution in [0.1, 0.15) is 25.3 Å². The number of nitrogens with zero attached hydrogens (tertiary/aromatic N) is 1. The predicted molar refractivity (Wildman–Crippen MR) is 80.7 cm³/mol. The van der Waals surface area contributed by atoms with Crippen LogP contribution in [0.25, 0.3) is 0 Å². The number of benzene rings is 1. The number of halogens is 1. The maximum Gasteiger partial charge on any atom is 0.331 e. The van der Waals surface area contributed by atoms with Gasteiger partial charge in [0.25, 0.3) is 0 Å². The highest BCUT2D eigenvalue weighted by Gasteiger charge is 2.85. The van der Waals surface area contributed by atoms with Gasteiger partial charge in [-0.3, -0.25) is 19.7 Å². The van der Waals surface area contributed by atoms with Gasteiger partial charge in [0.15, 0.2) is 0 Å². The lowest BCUT2D eigenvalue weighted by atomic mass is 9.99. The standard InChI is InChI=1S/C15H16ClNO6/c1-3-22-13(18)15(14(19)23-4-2)11(12(15)17(20)21)9-5-7-10(16)8-6-9/h5-8,11-12H,3-4H2,1-2H3/t11-,12-/m1/s1. The minimum absolute atomic E-state index is 0.0117. The predicted octanol–water partition coefficient (Wildman–Crippen LogP) is 2.20. The summed E-state index contributed by atoms with van der Waals surface area (Å²) in [6, 6.07) is 4.80. The number of esters is 2. The van der Waals surface area contributed by atoms with Gasteiger partial charge in [0.2, 0.25) is 11.5 Å². The van der Waals surface area contributed by atoms with Crippen LogP contribution in [0, 0.1) is 15.5 Å². The summed E-state index contributed by atoms with van der Waals surface area (Å²) in [7, 11) is 0. The third-order valence-electron chi connectivity index (χ3n) is 3.85. The van der Waals surface area contributed by atoms with Gasteiger partial charge in [-0.1, -0.05) is 23.7 Å². The third kappa shape index (κ3) is 2.76. The van der Waals surface area contributed by atoms with Crippen LogP contribution in [0.3, 0.4) is 0 Å². The first kappa shape index (κ1) is 17.2. The van der Waals surface area contributed by atoms with Crippen molar-refractivity contribution in [3.05, 3.63) is 45.0 Å². The minimum Gasteiger partial charge on any atom is -0.465 e. The number of ether oxygens (including phenoxy) is 2. The Labute approximate surface area is 137 Å². The van der Waals surface area contributed by atoms with Crippen LogP contribution in [0.5, 0.6) is 0 Å². The molecule has 0 aromatic heterocycles. The fraction of sp³-hybridized carbons (Fsp3) is 0.467. The Morgan fingerprint density at radius 2 is 1.65 bits per heavy atom. The van der Waals surface area contributed by atoms with Gasteiger partial charge in [0.05, 0.1) is 19.1 Å². The average molecular weight is 342 g/mol.